The van der Waals surface area contributed by atoms with Crippen LogP contribution in [0.15, 0.2) is 10.4 Å². The van der Waals surface area contributed by atoms with Crippen LogP contribution in [-0.4, -0.2) is 30.5 Å². The Balaban J connectivity index is 2.17. The molecule has 2 rings (SSSR count). The molecule has 2 unspecified atom stereocenters. The van der Waals surface area contributed by atoms with Crippen LogP contribution in [0.2, 0.25) is 4.47 Å². The van der Waals surface area contributed by atoms with Gasteiger partial charge in [-0.15, -0.1) is 4.83 Å². The van der Waals surface area contributed by atoms with E-state index >= 15 is 0 Å². The van der Waals surface area contributed by atoms with E-state index in [1.54, 1.807) is 0 Å². The molecule has 1 aromatic heterocycles. The Morgan fingerprint density at radius 1 is 1.44 bits per heavy atom. The Morgan fingerprint density at radius 2 is 2.06 bits per heavy atom. The molecule has 1 aliphatic rings. The standard InChI is InChI=1S/C10H16ClN3O2S2/c1-7-4-3-5-8(2)14(7)13-18(15,16)9-6-12-10(11)17-9/h6-8,13H,3-5H2,1-2H3. The maximum Gasteiger partial charge on any atom is 0.264 e. The van der Waals surface area contributed by atoms with Crippen LogP contribution in [-0.2, 0) is 10.0 Å². The van der Waals surface area contributed by atoms with Gasteiger partial charge in [0.05, 0.1) is 6.20 Å². The van der Waals surface area contributed by atoms with Crippen molar-refractivity contribution in [2.24, 2.45) is 0 Å². The average Bonchev–Trinajstić information content (AvgIpc) is 2.71. The molecule has 2 heterocycles. The summed E-state index contributed by atoms with van der Waals surface area (Å²) in [7, 11) is -3.56. The van der Waals surface area contributed by atoms with E-state index in [-0.39, 0.29) is 20.8 Å². The summed E-state index contributed by atoms with van der Waals surface area (Å²) < 4.78 is 24.7. The first-order valence-corrected chi connectivity index (χ1v) is 8.50. The minimum Gasteiger partial charge on any atom is -0.232 e. The fourth-order valence-electron chi connectivity index (χ4n) is 2.15. The highest BCUT2D eigenvalue weighted by Gasteiger charge is 2.29. The van der Waals surface area contributed by atoms with Crippen molar-refractivity contribution in [3.63, 3.8) is 0 Å². The molecule has 102 valence electrons. The van der Waals surface area contributed by atoms with Crippen LogP contribution < -0.4 is 4.83 Å². The maximum atomic E-state index is 12.2. The summed E-state index contributed by atoms with van der Waals surface area (Å²) in [6.45, 7) is 4.05. The zero-order chi connectivity index (χ0) is 13.3. The second kappa shape index (κ2) is 5.42. The number of halogens is 1. The van der Waals surface area contributed by atoms with Crippen molar-refractivity contribution in [2.75, 3.05) is 0 Å². The van der Waals surface area contributed by atoms with Crippen molar-refractivity contribution in [3.05, 3.63) is 10.7 Å². The van der Waals surface area contributed by atoms with E-state index in [1.807, 2.05) is 18.9 Å². The largest absolute Gasteiger partial charge is 0.264 e. The highest BCUT2D eigenvalue weighted by atomic mass is 35.5. The fraction of sp³-hybridized carbons (Fsp3) is 0.700. The highest BCUT2D eigenvalue weighted by Crippen LogP contribution is 2.25. The summed E-state index contributed by atoms with van der Waals surface area (Å²) in [5.41, 5.74) is 0. The van der Waals surface area contributed by atoms with Gasteiger partial charge in [-0.2, -0.15) is 0 Å². The molecule has 18 heavy (non-hydrogen) atoms. The van der Waals surface area contributed by atoms with E-state index in [2.05, 4.69) is 9.82 Å². The Hall–Kier alpha value is -0.210. The Labute approximate surface area is 116 Å². The van der Waals surface area contributed by atoms with E-state index in [9.17, 15) is 8.42 Å². The number of hydrogen-bond donors (Lipinski definition) is 1. The van der Waals surface area contributed by atoms with Crippen LogP contribution in [0, 0.1) is 0 Å². The van der Waals surface area contributed by atoms with Gasteiger partial charge in [0.15, 0.2) is 8.68 Å². The maximum absolute atomic E-state index is 12.2. The van der Waals surface area contributed by atoms with Gasteiger partial charge in [-0.1, -0.05) is 29.4 Å². The first-order chi connectivity index (χ1) is 8.40. The third-order valence-corrected chi connectivity index (χ3v) is 6.04. The summed E-state index contributed by atoms with van der Waals surface area (Å²) in [5.74, 6) is 0. The van der Waals surface area contributed by atoms with Gasteiger partial charge in [0, 0.05) is 12.1 Å². The molecule has 0 saturated carbocycles. The van der Waals surface area contributed by atoms with Crippen LogP contribution in [0.4, 0.5) is 0 Å². The molecule has 0 aromatic carbocycles. The lowest BCUT2D eigenvalue weighted by atomic mass is 10.0. The van der Waals surface area contributed by atoms with Gasteiger partial charge in [0.1, 0.15) is 0 Å². The quantitative estimate of drug-likeness (QED) is 0.930. The molecule has 1 aliphatic heterocycles. The van der Waals surface area contributed by atoms with Gasteiger partial charge in [-0.25, -0.2) is 18.4 Å². The van der Waals surface area contributed by atoms with Gasteiger partial charge >= 0.3 is 0 Å². The zero-order valence-corrected chi connectivity index (χ0v) is 12.6. The minimum atomic E-state index is -3.56. The fourth-order valence-corrected chi connectivity index (χ4v) is 4.67. The third kappa shape index (κ3) is 3.03. The number of thiazole rings is 1. The third-order valence-electron chi connectivity index (χ3n) is 3.14. The first kappa shape index (κ1) is 14.2. The number of aromatic nitrogens is 1. The van der Waals surface area contributed by atoms with Crippen LogP contribution in [0.1, 0.15) is 33.1 Å². The molecule has 1 N–H and O–H groups in total. The van der Waals surface area contributed by atoms with E-state index < -0.39 is 10.0 Å². The SMILES string of the molecule is CC1CCCC(C)N1NS(=O)(=O)c1cnc(Cl)s1. The van der Waals surface area contributed by atoms with Crippen molar-refractivity contribution in [2.45, 2.75) is 49.4 Å². The Kier molecular flexibility index (Phi) is 4.28. The number of piperidine rings is 1. The number of hydrogen-bond acceptors (Lipinski definition) is 5. The number of sulfonamides is 1. The van der Waals surface area contributed by atoms with Crippen LogP contribution in [0.3, 0.4) is 0 Å². The molecule has 5 nitrogen and oxygen atoms in total. The summed E-state index contributed by atoms with van der Waals surface area (Å²) in [4.78, 5) is 6.40. The Bertz CT molecular complexity index is 507. The van der Waals surface area contributed by atoms with Crippen molar-refractivity contribution >= 4 is 33.0 Å². The molecule has 0 spiro atoms. The Morgan fingerprint density at radius 3 is 2.56 bits per heavy atom. The average molecular weight is 310 g/mol. The van der Waals surface area contributed by atoms with E-state index in [1.165, 1.54) is 6.20 Å². The van der Waals surface area contributed by atoms with Crippen LogP contribution in [0.5, 0.6) is 0 Å². The molecule has 0 radical (unpaired) electrons. The lowest BCUT2D eigenvalue weighted by Crippen LogP contribution is -2.53. The smallest absolute Gasteiger partial charge is 0.232 e. The molecule has 1 fully saturated rings. The number of nitrogens with zero attached hydrogens (tertiary/aromatic N) is 2. The first-order valence-electron chi connectivity index (χ1n) is 5.82. The van der Waals surface area contributed by atoms with Crippen LogP contribution in [0.25, 0.3) is 0 Å². The lowest BCUT2D eigenvalue weighted by molar-refractivity contribution is 0.0791. The van der Waals surface area contributed by atoms with E-state index in [0.717, 1.165) is 30.6 Å². The van der Waals surface area contributed by atoms with Crippen molar-refractivity contribution in [3.8, 4) is 0 Å². The molecule has 2 atom stereocenters. The van der Waals surface area contributed by atoms with Crippen molar-refractivity contribution in [1.29, 1.82) is 0 Å². The number of hydrazine groups is 1. The van der Waals surface area contributed by atoms with Gasteiger partial charge in [0.2, 0.25) is 0 Å². The van der Waals surface area contributed by atoms with Gasteiger partial charge in [0.25, 0.3) is 10.0 Å². The van der Waals surface area contributed by atoms with Gasteiger partial charge in [-0.05, 0) is 26.7 Å². The summed E-state index contributed by atoms with van der Waals surface area (Å²) in [6, 6.07) is 0.402. The number of nitrogens with one attached hydrogen (secondary N) is 1. The molecule has 0 amide bonds. The molecule has 1 saturated heterocycles. The molecule has 0 aliphatic carbocycles. The monoisotopic (exact) mass is 309 g/mol. The van der Waals surface area contributed by atoms with E-state index in [0.29, 0.717) is 0 Å². The summed E-state index contributed by atoms with van der Waals surface area (Å²) in [5, 5.41) is 1.81. The second-order valence-electron chi connectivity index (χ2n) is 4.56. The summed E-state index contributed by atoms with van der Waals surface area (Å²) >= 11 is 6.63. The minimum absolute atomic E-state index is 0.150. The number of rotatable bonds is 3. The highest BCUT2D eigenvalue weighted by molar-refractivity contribution is 7.91. The van der Waals surface area contributed by atoms with Crippen molar-refractivity contribution < 1.29 is 8.42 Å². The normalized spacial score (nSPS) is 26.4. The second-order valence-corrected chi connectivity index (χ2v) is 8.06. The molecule has 1 aromatic rings. The van der Waals surface area contributed by atoms with Crippen molar-refractivity contribution in [1.82, 2.24) is 14.8 Å². The molecular formula is C10H16ClN3O2S2. The summed E-state index contributed by atoms with van der Waals surface area (Å²) in [6.07, 6.45) is 4.41. The zero-order valence-electron chi connectivity index (χ0n) is 10.3. The molecule has 8 heteroatoms. The molecule has 0 bridgehead atoms. The lowest BCUT2D eigenvalue weighted by Gasteiger charge is -2.38. The van der Waals surface area contributed by atoms with Gasteiger partial charge < -0.3 is 0 Å². The van der Waals surface area contributed by atoms with Gasteiger partial charge in [-0.3, -0.25) is 0 Å². The van der Waals surface area contributed by atoms with E-state index in [4.69, 9.17) is 11.6 Å². The van der Waals surface area contributed by atoms with Crippen LogP contribution >= 0.6 is 22.9 Å². The predicted octanol–water partition coefficient (Wildman–Crippen LogP) is 2.25. The topological polar surface area (TPSA) is 62.3 Å². The predicted molar refractivity (Wildman–Crippen MR) is 72.1 cm³/mol. The molecular weight excluding hydrogens is 294 g/mol.